The van der Waals surface area contributed by atoms with Gasteiger partial charge in [0.15, 0.2) is 5.16 Å². The molecular formula is C11H13N5S. The third kappa shape index (κ3) is 3.39. The Morgan fingerprint density at radius 3 is 2.76 bits per heavy atom. The standard InChI is InChI=1S/C11H13N5S/c1-17-11-15-9(14-10(12)16-11)6-5-8-4-2-3-7-13-8/h2-4,7H,5-6H2,1H3,(H2,12,14,15,16). The second-order valence-corrected chi connectivity index (χ2v) is 4.19. The van der Waals surface area contributed by atoms with Crippen LogP contribution >= 0.6 is 11.8 Å². The monoisotopic (exact) mass is 247 g/mol. The Kier molecular flexibility index (Phi) is 3.87. The number of aromatic nitrogens is 4. The van der Waals surface area contributed by atoms with Crippen LogP contribution in [0.25, 0.3) is 0 Å². The first-order chi connectivity index (χ1) is 8.28. The molecule has 0 unspecified atom stereocenters. The van der Waals surface area contributed by atoms with Gasteiger partial charge >= 0.3 is 0 Å². The maximum atomic E-state index is 5.61. The van der Waals surface area contributed by atoms with E-state index in [9.17, 15) is 0 Å². The second-order valence-electron chi connectivity index (χ2n) is 3.42. The number of rotatable bonds is 4. The van der Waals surface area contributed by atoms with Gasteiger partial charge in [0, 0.05) is 18.3 Å². The van der Waals surface area contributed by atoms with E-state index in [1.807, 2.05) is 24.5 Å². The van der Waals surface area contributed by atoms with Crippen LogP contribution in [0.5, 0.6) is 0 Å². The summed E-state index contributed by atoms with van der Waals surface area (Å²) in [7, 11) is 0. The second kappa shape index (κ2) is 5.58. The highest BCUT2D eigenvalue weighted by Gasteiger charge is 2.04. The third-order valence-corrected chi connectivity index (χ3v) is 2.74. The quantitative estimate of drug-likeness (QED) is 0.822. The first-order valence-electron chi connectivity index (χ1n) is 5.22. The van der Waals surface area contributed by atoms with Crippen LogP contribution in [-0.4, -0.2) is 26.2 Å². The summed E-state index contributed by atoms with van der Waals surface area (Å²) in [4.78, 5) is 16.7. The third-order valence-electron chi connectivity index (χ3n) is 2.19. The summed E-state index contributed by atoms with van der Waals surface area (Å²) in [5, 5.41) is 0.661. The van der Waals surface area contributed by atoms with Crippen LogP contribution in [0.2, 0.25) is 0 Å². The highest BCUT2D eigenvalue weighted by molar-refractivity contribution is 7.98. The largest absolute Gasteiger partial charge is 0.368 e. The SMILES string of the molecule is CSc1nc(N)nc(CCc2ccccn2)n1. The zero-order chi connectivity index (χ0) is 12.1. The molecule has 2 aromatic heterocycles. The van der Waals surface area contributed by atoms with Gasteiger partial charge < -0.3 is 5.73 Å². The van der Waals surface area contributed by atoms with Crippen LogP contribution in [0, 0.1) is 0 Å². The van der Waals surface area contributed by atoms with Crippen molar-refractivity contribution in [2.24, 2.45) is 0 Å². The van der Waals surface area contributed by atoms with Gasteiger partial charge in [0.05, 0.1) is 0 Å². The van der Waals surface area contributed by atoms with Crippen molar-refractivity contribution in [3.05, 3.63) is 35.9 Å². The minimum absolute atomic E-state index is 0.278. The van der Waals surface area contributed by atoms with Crippen molar-refractivity contribution in [1.82, 2.24) is 19.9 Å². The van der Waals surface area contributed by atoms with Crippen LogP contribution < -0.4 is 5.73 Å². The molecule has 0 fully saturated rings. The molecule has 0 atom stereocenters. The zero-order valence-electron chi connectivity index (χ0n) is 9.50. The molecule has 2 rings (SSSR count). The molecule has 0 amide bonds. The van der Waals surface area contributed by atoms with Crippen LogP contribution in [-0.2, 0) is 12.8 Å². The van der Waals surface area contributed by atoms with E-state index < -0.39 is 0 Å². The predicted octanol–water partition coefficient (Wildman–Crippen LogP) is 1.36. The van der Waals surface area contributed by atoms with Gasteiger partial charge in [0.25, 0.3) is 0 Å². The van der Waals surface area contributed by atoms with Crippen molar-refractivity contribution in [3.8, 4) is 0 Å². The van der Waals surface area contributed by atoms with Gasteiger partial charge in [-0.1, -0.05) is 17.8 Å². The molecule has 0 radical (unpaired) electrons. The summed E-state index contributed by atoms with van der Waals surface area (Å²) in [5.41, 5.74) is 6.64. The van der Waals surface area contributed by atoms with Crippen LogP contribution in [0.15, 0.2) is 29.6 Å². The normalized spacial score (nSPS) is 10.4. The molecule has 2 heterocycles. The van der Waals surface area contributed by atoms with Gasteiger partial charge in [-0.3, -0.25) is 4.98 Å². The Labute approximate surface area is 104 Å². The van der Waals surface area contributed by atoms with E-state index in [1.54, 1.807) is 6.20 Å². The van der Waals surface area contributed by atoms with Crippen molar-refractivity contribution in [1.29, 1.82) is 0 Å². The molecule has 0 aliphatic rings. The van der Waals surface area contributed by atoms with Crippen molar-refractivity contribution < 1.29 is 0 Å². The highest BCUT2D eigenvalue weighted by Crippen LogP contribution is 2.10. The van der Waals surface area contributed by atoms with E-state index in [1.165, 1.54) is 11.8 Å². The maximum Gasteiger partial charge on any atom is 0.224 e. The lowest BCUT2D eigenvalue weighted by Crippen LogP contribution is -2.06. The smallest absolute Gasteiger partial charge is 0.224 e. The highest BCUT2D eigenvalue weighted by atomic mass is 32.2. The predicted molar refractivity (Wildman–Crippen MR) is 67.7 cm³/mol. The molecule has 88 valence electrons. The Balaban J connectivity index is 2.06. The average molecular weight is 247 g/mol. The minimum atomic E-state index is 0.278. The van der Waals surface area contributed by atoms with E-state index in [-0.39, 0.29) is 5.95 Å². The zero-order valence-corrected chi connectivity index (χ0v) is 10.3. The van der Waals surface area contributed by atoms with Crippen LogP contribution in [0.3, 0.4) is 0 Å². The average Bonchev–Trinajstić information content (AvgIpc) is 2.37. The van der Waals surface area contributed by atoms with E-state index in [2.05, 4.69) is 19.9 Å². The van der Waals surface area contributed by atoms with Gasteiger partial charge in [-0.2, -0.15) is 9.97 Å². The Hall–Kier alpha value is -1.69. The summed E-state index contributed by atoms with van der Waals surface area (Å²) < 4.78 is 0. The topological polar surface area (TPSA) is 77.6 Å². The number of anilines is 1. The molecule has 2 N–H and O–H groups in total. The minimum Gasteiger partial charge on any atom is -0.368 e. The Morgan fingerprint density at radius 2 is 2.06 bits per heavy atom. The molecule has 2 aromatic rings. The van der Waals surface area contributed by atoms with Crippen molar-refractivity contribution >= 4 is 17.7 Å². The fraction of sp³-hybridized carbons (Fsp3) is 0.273. The fourth-order valence-electron chi connectivity index (χ4n) is 1.40. The van der Waals surface area contributed by atoms with E-state index >= 15 is 0 Å². The molecular weight excluding hydrogens is 234 g/mol. The Morgan fingerprint density at radius 1 is 1.18 bits per heavy atom. The summed E-state index contributed by atoms with van der Waals surface area (Å²) in [6.45, 7) is 0. The number of pyridine rings is 1. The number of thioether (sulfide) groups is 1. The van der Waals surface area contributed by atoms with E-state index in [0.29, 0.717) is 11.0 Å². The lowest BCUT2D eigenvalue weighted by Gasteiger charge is -2.02. The first-order valence-corrected chi connectivity index (χ1v) is 6.45. The summed E-state index contributed by atoms with van der Waals surface area (Å²) in [6.07, 6.45) is 5.22. The van der Waals surface area contributed by atoms with E-state index in [0.717, 1.165) is 18.5 Å². The summed E-state index contributed by atoms with van der Waals surface area (Å²) >= 11 is 1.46. The number of nitrogens with zero attached hydrogens (tertiary/aromatic N) is 4. The summed E-state index contributed by atoms with van der Waals surface area (Å²) in [5.74, 6) is 0.993. The van der Waals surface area contributed by atoms with Gasteiger partial charge in [-0.15, -0.1) is 0 Å². The molecule has 0 spiro atoms. The molecule has 0 bridgehead atoms. The van der Waals surface area contributed by atoms with Crippen LogP contribution in [0.4, 0.5) is 5.95 Å². The van der Waals surface area contributed by atoms with Crippen molar-refractivity contribution in [2.75, 3.05) is 12.0 Å². The molecule has 5 nitrogen and oxygen atoms in total. The molecule has 0 saturated carbocycles. The fourth-order valence-corrected chi connectivity index (χ4v) is 1.79. The van der Waals surface area contributed by atoms with Gasteiger partial charge in [-0.05, 0) is 24.8 Å². The number of aryl methyl sites for hydroxylation is 2. The Bertz CT molecular complexity index is 488. The number of hydrogen-bond acceptors (Lipinski definition) is 6. The molecule has 0 saturated heterocycles. The summed E-state index contributed by atoms with van der Waals surface area (Å²) in [6, 6.07) is 5.85. The number of hydrogen-bond donors (Lipinski definition) is 1. The molecule has 17 heavy (non-hydrogen) atoms. The van der Waals surface area contributed by atoms with Crippen molar-refractivity contribution in [2.45, 2.75) is 18.0 Å². The lowest BCUT2D eigenvalue weighted by atomic mass is 10.2. The molecule has 0 aliphatic carbocycles. The molecule has 0 aliphatic heterocycles. The molecule has 0 aromatic carbocycles. The van der Waals surface area contributed by atoms with Crippen LogP contribution in [0.1, 0.15) is 11.5 Å². The van der Waals surface area contributed by atoms with Crippen molar-refractivity contribution in [3.63, 3.8) is 0 Å². The first kappa shape index (κ1) is 11.8. The lowest BCUT2D eigenvalue weighted by molar-refractivity contribution is 0.779. The van der Waals surface area contributed by atoms with Gasteiger partial charge in [0.2, 0.25) is 5.95 Å². The number of nitrogens with two attached hydrogens (primary N) is 1. The van der Waals surface area contributed by atoms with Gasteiger partial charge in [-0.25, -0.2) is 4.98 Å². The number of nitrogen functional groups attached to an aromatic ring is 1. The maximum absolute atomic E-state index is 5.61. The molecule has 6 heteroatoms. The van der Waals surface area contributed by atoms with E-state index in [4.69, 9.17) is 5.73 Å². The van der Waals surface area contributed by atoms with Gasteiger partial charge in [0.1, 0.15) is 5.82 Å².